The molecule has 0 aliphatic rings. The summed E-state index contributed by atoms with van der Waals surface area (Å²) in [5.41, 5.74) is 2.80. The number of amides is 2. The van der Waals surface area contributed by atoms with Crippen molar-refractivity contribution in [3.63, 3.8) is 0 Å². The van der Waals surface area contributed by atoms with Gasteiger partial charge in [0.25, 0.3) is 0 Å². The number of urea groups is 1. The van der Waals surface area contributed by atoms with Crippen molar-refractivity contribution in [1.82, 2.24) is 5.32 Å². The van der Waals surface area contributed by atoms with Crippen LogP contribution < -0.4 is 10.6 Å². The first-order valence-corrected chi connectivity index (χ1v) is 6.53. The van der Waals surface area contributed by atoms with Gasteiger partial charge in [0.15, 0.2) is 0 Å². The van der Waals surface area contributed by atoms with Gasteiger partial charge < -0.3 is 15.7 Å². The summed E-state index contributed by atoms with van der Waals surface area (Å²) in [5.74, 6) is 0.0567. The number of phenolic OH excluding ortho intramolecular Hbond substituents is 1. The van der Waals surface area contributed by atoms with Gasteiger partial charge in [0.2, 0.25) is 0 Å². The summed E-state index contributed by atoms with van der Waals surface area (Å²) < 4.78 is 0. The van der Waals surface area contributed by atoms with E-state index in [9.17, 15) is 9.90 Å². The third-order valence-electron chi connectivity index (χ3n) is 2.97. The number of aromatic hydroxyl groups is 1. The van der Waals surface area contributed by atoms with Crippen molar-refractivity contribution in [2.24, 2.45) is 0 Å². The molecule has 0 saturated heterocycles. The first kappa shape index (κ1) is 13.9. The molecule has 4 heteroatoms. The number of para-hydroxylation sites is 2. The van der Waals surface area contributed by atoms with Crippen LogP contribution in [-0.4, -0.2) is 17.7 Å². The third-order valence-corrected chi connectivity index (χ3v) is 2.97. The molecule has 0 aliphatic heterocycles. The molecular weight excluding hydrogens is 252 g/mol. The van der Waals surface area contributed by atoms with Gasteiger partial charge in [-0.25, -0.2) is 4.79 Å². The van der Waals surface area contributed by atoms with Crippen LogP contribution in [0, 0.1) is 6.92 Å². The molecule has 20 heavy (non-hydrogen) atoms. The van der Waals surface area contributed by atoms with E-state index >= 15 is 0 Å². The SMILES string of the molecule is Cc1ccc(CCNC(=O)Nc2ccccc2O)cc1. The highest BCUT2D eigenvalue weighted by molar-refractivity contribution is 5.90. The first-order chi connectivity index (χ1) is 9.65. The molecule has 4 nitrogen and oxygen atoms in total. The summed E-state index contributed by atoms with van der Waals surface area (Å²) in [6, 6.07) is 14.5. The van der Waals surface area contributed by atoms with E-state index in [0.717, 1.165) is 6.42 Å². The maximum atomic E-state index is 11.7. The fraction of sp³-hybridized carbons (Fsp3) is 0.188. The molecule has 0 heterocycles. The number of hydrogen-bond acceptors (Lipinski definition) is 2. The number of anilines is 1. The Kier molecular flexibility index (Phi) is 4.60. The number of carbonyl (C=O) groups excluding carboxylic acids is 1. The van der Waals surface area contributed by atoms with Crippen molar-refractivity contribution < 1.29 is 9.90 Å². The van der Waals surface area contributed by atoms with Gasteiger partial charge in [-0.1, -0.05) is 42.0 Å². The Balaban J connectivity index is 1.78. The maximum Gasteiger partial charge on any atom is 0.319 e. The Morgan fingerprint density at radius 3 is 2.50 bits per heavy atom. The zero-order valence-corrected chi connectivity index (χ0v) is 11.4. The van der Waals surface area contributed by atoms with Crippen molar-refractivity contribution in [2.45, 2.75) is 13.3 Å². The van der Waals surface area contributed by atoms with Crippen LogP contribution in [0.2, 0.25) is 0 Å². The smallest absolute Gasteiger partial charge is 0.319 e. The Morgan fingerprint density at radius 1 is 1.10 bits per heavy atom. The third kappa shape index (κ3) is 4.02. The standard InChI is InChI=1S/C16H18N2O2/c1-12-6-8-13(9-7-12)10-11-17-16(20)18-14-4-2-3-5-15(14)19/h2-9,19H,10-11H2,1H3,(H2,17,18,20). The van der Waals surface area contributed by atoms with Crippen LogP contribution in [0.5, 0.6) is 5.75 Å². The second-order valence-corrected chi connectivity index (χ2v) is 4.63. The monoisotopic (exact) mass is 270 g/mol. The van der Waals surface area contributed by atoms with E-state index in [4.69, 9.17) is 0 Å². The van der Waals surface area contributed by atoms with Gasteiger partial charge in [-0.15, -0.1) is 0 Å². The number of aryl methyl sites for hydroxylation is 1. The van der Waals surface area contributed by atoms with Crippen LogP contribution in [0.4, 0.5) is 10.5 Å². The van der Waals surface area contributed by atoms with E-state index < -0.39 is 0 Å². The van der Waals surface area contributed by atoms with Crippen LogP contribution >= 0.6 is 0 Å². The van der Waals surface area contributed by atoms with Crippen molar-refractivity contribution in [2.75, 3.05) is 11.9 Å². The molecule has 0 spiro atoms. The zero-order chi connectivity index (χ0) is 14.4. The Hall–Kier alpha value is -2.49. The van der Waals surface area contributed by atoms with E-state index in [1.54, 1.807) is 18.2 Å². The fourth-order valence-corrected chi connectivity index (χ4v) is 1.82. The summed E-state index contributed by atoms with van der Waals surface area (Å²) in [7, 11) is 0. The minimum Gasteiger partial charge on any atom is -0.506 e. The molecule has 0 radical (unpaired) electrons. The molecule has 0 fully saturated rings. The molecule has 2 aromatic rings. The highest BCUT2D eigenvalue weighted by atomic mass is 16.3. The van der Waals surface area contributed by atoms with Crippen molar-refractivity contribution in [3.05, 3.63) is 59.7 Å². The summed E-state index contributed by atoms with van der Waals surface area (Å²) in [6.45, 7) is 2.59. The molecule has 0 atom stereocenters. The number of hydrogen-bond donors (Lipinski definition) is 3. The number of phenols is 1. The highest BCUT2D eigenvalue weighted by Crippen LogP contribution is 2.20. The van der Waals surface area contributed by atoms with Crippen molar-refractivity contribution in [1.29, 1.82) is 0 Å². The van der Waals surface area contributed by atoms with Gasteiger partial charge in [0.1, 0.15) is 5.75 Å². The second kappa shape index (κ2) is 6.61. The fourth-order valence-electron chi connectivity index (χ4n) is 1.82. The van der Waals surface area contributed by atoms with Crippen LogP contribution in [0.3, 0.4) is 0 Å². The largest absolute Gasteiger partial charge is 0.506 e. The van der Waals surface area contributed by atoms with Crippen molar-refractivity contribution >= 4 is 11.7 Å². The topological polar surface area (TPSA) is 61.4 Å². The molecule has 0 saturated carbocycles. The zero-order valence-electron chi connectivity index (χ0n) is 11.4. The van der Waals surface area contributed by atoms with Gasteiger partial charge in [0.05, 0.1) is 5.69 Å². The molecule has 2 amide bonds. The summed E-state index contributed by atoms with van der Waals surface area (Å²) in [4.78, 5) is 11.7. The highest BCUT2D eigenvalue weighted by Gasteiger charge is 2.04. The number of benzene rings is 2. The lowest BCUT2D eigenvalue weighted by molar-refractivity contribution is 0.252. The van der Waals surface area contributed by atoms with Crippen LogP contribution in [0.15, 0.2) is 48.5 Å². The predicted octanol–water partition coefficient (Wildman–Crippen LogP) is 3.06. The molecule has 0 unspecified atom stereocenters. The van der Waals surface area contributed by atoms with Gasteiger partial charge in [0, 0.05) is 6.54 Å². The van der Waals surface area contributed by atoms with E-state index in [1.807, 2.05) is 6.92 Å². The Bertz CT molecular complexity index is 579. The molecule has 3 N–H and O–H groups in total. The lowest BCUT2D eigenvalue weighted by Crippen LogP contribution is -2.30. The van der Waals surface area contributed by atoms with Crippen LogP contribution in [0.1, 0.15) is 11.1 Å². The lowest BCUT2D eigenvalue weighted by atomic mass is 10.1. The first-order valence-electron chi connectivity index (χ1n) is 6.53. The number of nitrogens with one attached hydrogen (secondary N) is 2. The molecule has 0 aliphatic carbocycles. The Labute approximate surface area is 118 Å². The van der Waals surface area contributed by atoms with Crippen LogP contribution in [0.25, 0.3) is 0 Å². The number of rotatable bonds is 4. The molecular formula is C16H18N2O2. The van der Waals surface area contributed by atoms with Crippen molar-refractivity contribution in [3.8, 4) is 5.75 Å². The quantitative estimate of drug-likeness (QED) is 0.748. The van der Waals surface area contributed by atoms with Gasteiger partial charge in [-0.05, 0) is 31.0 Å². The molecule has 2 aromatic carbocycles. The average Bonchev–Trinajstić information content (AvgIpc) is 2.44. The normalized spacial score (nSPS) is 10.1. The summed E-state index contributed by atoms with van der Waals surface area (Å²) in [5, 5.41) is 14.9. The molecule has 104 valence electrons. The second-order valence-electron chi connectivity index (χ2n) is 4.63. The summed E-state index contributed by atoms with van der Waals surface area (Å²) in [6.07, 6.45) is 0.772. The summed E-state index contributed by atoms with van der Waals surface area (Å²) >= 11 is 0. The molecule has 2 rings (SSSR count). The molecule has 0 bridgehead atoms. The van der Waals surface area contributed by atoms with Crippen LogP contribution in [-0.2, 0) is 6.42 Å². The minimum atomic E-state index is -0.321. The van der Waals surface area contributed by atoms with E-state index in [0.29, 0.717) is 12.2 Å². The maximum absolute atomic E-state index is 11.7. The average molecular weight is 270 g/mol. The van der Waals surface area contributed by atoms with E-state index in [-0.39, 0.29) is 11.8 Å². The van der Waals surface area contributed by atoms with E-state index in [2.05, 4.69) is 34.9 Å². The van der Waals surface area contributed by atoms with E-state index in [1.165, 1.54) is 17.2 Å². The minimum absolute atomic E-state index is 0.0567. The van der Waals surface area contributed by atoms with Gasteiger partial charge >= 0.3 is 6.03 Å². The number of carbonyl (C=O) groups is 1. The van der Waals surface area contributed by atoms with Gasteiger partial charge in [-0.2, -0.15) is 0 Å². The lowest BCUT2D eigenvalue weighted by Gasteiger charge is -2.09. The predicted molar refractivity (Wildman–Crippen MR) is 80.0 cm³/mol. The van der Waals surface area contributed by atoms with Gasteiger partial charge in [-0.3, -0.25) is 0 Å². The Morgan fingerprint density at radius 2 is 1.80 bits per heavy atom. The molecule has 0 aromatic heterocycles.